The van der Waals surface area contributed by atoms with Crippen LogP contribution in [0.4, 0.5) is 17.1 Å². The number of carbonyl (C=O) groups is 2. The number of aryl methyl sites for hydroxylation is 1. The Morgan fingerprint density at radius 3 is 2.50 bits per heavy atom. The molecular formula is C29H29N5O7S. The summed E-state index contributed by atoms with van der Waals surface area (Å²) >= 11 is 1.10. The fourth-order valence-corrected chi connectivity index (χ4v) is 5.22. The van der Waals surface area contributed by atoms with Crippen LogP contribution in [0.5, 0.6) is 17.2 Å². The first-order valence-corrected chi connectivity index (χ1v) is 13.6. The number of hydrogen-bond acceptors (Lipinski definition) is 10. The molecule has 1 atom stereocenters. The Kier molecular flexibility index (Phi) is 9.42. The number of nitro benzene ring substituents is 1. The molecule has 218 valence electrons. The molecule has 1 aliphatic heterocycles. The van der Waals surface area contributed by atoms with E-state index in [9.17, 15) is 19.7 Å². The molecule has 1 aliphatic rings. The second kappa shape index (κ2) is 13.2. The van der Waals surface area contributed by atoms with Crippen molar-refractivity contribution in [3.05, 3.63) is 81.4 Å². The average Bonchev–Trinajstić information content (AvgIpc) is 3.26. The van der Waals surface area contributed by atoms with Crippen molar-refractivity contribution in [2.75, 3.05) is 26.6 Å². The molecule has 2 amide bonds. The van der Waals surface area contributed by atoms with Crippen LogP contribution in [0.3, 0.4) is 0 Å². The summed E-state index contributed by atoms with van der Waals surface area (Å²) in [6.45, 7) is 3.90. The number of amidine groups is 1. The van der Waals surface area contributed by atoms with Gasteiger partial charge in [0.25, 0.3) is 11.6 Å². The molecule has 0 unspecified atom stereocenters. The Morgan fingerprint density at radius 2 is 1.81 bits per heavy atom. The normalized spacial score (nSPS) is 15.7. The lowest BCUT2D eigenvalue weighted by Gasteiger charge is -2.13. The molecule has 1 fully saturated rings. The monoisotopic (exact) mass is 591 g/mol. The fourth-order valence-electron chi connectivity index (χ4n) is 4.14. The summed E-state index contributed by atoms with van der Waals surface area (Å²) in [4.78, 5) is 42.0. The molecule has 0 saturated carbocycles. The first-order valence-electron chi connectivity index (χ1n) is 12.7. The molecule has 0 bridgehead atoms. The van der Waals surface area contributed by atoms with Crippen LogP contribution >= 0.6 is 11.8 Å². The van der Waals surface area contributed by atoms with Gasteiger partial charge in [0.15, 0.2) is 16.7 Å². The highest BCUT2D eigenvalue weighted by atomic mass is 32.2. The zero-order valence-corrected chi connectivity index (χ0v) is 24.4. The van der Waals surface area contributed by atoms with Gasteiger partial charge in [-0.15, -0.1) is 0 Å². The lowest BCUT2D eigenvalue weighted by atomic mass is 10.1. The van der Waals surface area contributed by atoms with Crippen LogP contribution in [0.15, 0.2) is 64.7 Å². The molecule has 1 heterocycles. The van der Waals surface area contributed by atoms with E-state index >= 15 is 0 Å². The molecule has 0 radical (unpaired) electrons. The van der Waals surface area contributed by atoms with Gasteiger partial charge in [0, 0.05) is 24.1 Å². The van der Waals surface area contributed by atoms with Gasteiger partial charge in [0.05, 0.1) is 43.8 Å². The summed E-state index contributed by atoms with van der Waals surface area (Å²) in [6, 6.07) is 14.8. The first-order chi connectivity index (χ1) is 20.2. The largest absolute Gasteiger partial charge is 0.495 e. The molecule has 3 aromatic rings. The minimum absolute atomic E-state index is 0.122. The highest BCUT2D eigenvalue weighted by Gasteiger charge is 2.40. The maximum absolute atomic E-state index is 13.6. The number of hydrogen-bond donors (Lipinski definition) is 1. The predicted molar refractivity (Wildman–Crippen MR) is 161 cm³/mol. The second-order valence-corrected chi connectivity index (χ2v) is 10.3. The summed E-state index contributed by atoms with van der Waals surface area (Å²) < 4.78 is 16.1. The van der Waals surface area contributed by atoms with E-state index < -0.39 is 22.0 Å². The number of para-hydroxylation sites is 1. The third-order valence-corrected chi connectivity index (χ3v) is 7.62. The van der Waals surface area contributed by atoms with Crippen LogP contribution in [0.25, 0.3) is 0 Å². The number of non-ortho nitro benzene ring substituents is 1. The van der Waals surface area contributed by atoms with Crippen LogP contribution < -0.4 is 19.5 Å². The van der Waals surface area contributed by atoms with E-state index in [4.69, 9.17) is 19.2 Å². The number of methoxy groups -OCH3 is 3. The maximum Gasteiger partial charge on any atom is 0.271 e. The third kappa shape index (κ3) is 6.52. The number of nitrogens with zero attached hydrogens (tertiary/aromatic N) is 4. The molecule has 1 saturated heterocycles. The zero-order chi connectivity index (χ0) is 30.4. The Labute approximate surface area is 246 Å². The van der Waals surface area contributed by atoms with Crippen molar-refractivity contribution < 1.29 is 28.7 Å². The molecule has 1 N–H and O–H groups in total. The summed E-state index contributed by atoms with van der Waals surface area (Å²) in [7, 11) is 4.41. The molecule has 42 heavy (non-hydrogen) atoms. The molecule has 13 heteroatoms. The SMILES string of the molecule is COc1ccc([N+](=O)[O-])cc1NC(=O)C[C@@H]1SC(=Nc2cccc(C)c2C)N(/N=C\c2cccc(OC)c2OC)C1=O. The van der Waals surface area contributed by atoms with Gasteiger partial charge in [0.1, 0.15) is 11.0 Å². The van der Waals surface area contributed by atoms with Crippen LogP contribution in [0.2, 0.25) is 0 Å². The predicted octanol–water partition coefficient (Wildman–Crippen LogP) is 5.23. The summed E-state index contributed by atoms with van der Waals surface area (Å²) in [5, 5.41) is 18.9. The van der Waals surface area contributed by atoms with Crippen LogP contribution in [0.1, 0.15) is 23.1 Å². The van der Waals surface area contributed by atoms with E-state index in [1.807, 2.05) is 32.0 Å². The van der Waals surface area contributed by atoms with Crippen LogP contribution in [-0.4, -0.2) is 59.7 Å². The smallest absolute Gasteiger partial charge is 0.271 e. The van der Waals surface area contributed by atoms with Crippen molar-refractivity contribution in [1.82, 2.24) is 5.01 Å². The number of rotatable bonds is 10. The summed E-state index contributed by atoms with van der Waals surface area (Å²) in [5.74, 6) is 0.196. The number of amides is 2. The van der Waals surface area contributed by atoms with Gasteiger partial charge in [-0.25, -0.2) is 4.99 Å². The van der Waals surface area contributed by atoms with Crippen molar-refractivity contribution >= 4 is 52.0 Å². The van der Waals surface area contributed by atoms with E-state index in [1.54, 1.807) is 18.2 Å². The molecule has 0 aliphatic carbocycles. The van der Waals surface area contributed by atoms with E-state index in [1.165, 1.54) is 45.7 Å². The van der Waals surface area contributed by atoms with Crippen molar-refractivity contribution in [3.63, 3.8) is 0 Å². The number of hydrazone groups is 1. The summed E-state index contributed by atoms with van der Waals surface area (Å²) in [5.41, 5.74) is 3.11. The number of thioether (sulfide) groups is 1. The van der Waals surface area contributed by atoms with Gasteiger partial charge in [-0.1, -0.05) is 30.0 Å². The Bertz CT molecular complexity index is 1590. The number of aliphatic imine (C=N–C) groups is 1. The zero-order valence-electron chi connectivity index (χ0n) is 23.6. The Balaban J connectivity index is 1.64. The topological polar surface area (TPSA) is 145 Å². The lowest BCUT2D eigenvalue weighted by Crippen LogP contribution is -2.30. The van der Waals surface area contributed by atoms with Gasteiger partial charge >= 0.3 is 0 Å². The molecular weight excluding hydrogens is 562 g/mol. The Hall–Kier alpha value is -4.91. The summed E-state index contributed by atoms with van der Waals surface area (Å²) in [6.07, 6.45) is 1.23. The minimum atomic E-state index is -0.858. The highest BCUT2D eigenvalue weighted by molar-refractivity contribution is 8.15. The van der Waals surface area contributed by atoms with E-state index in [0.29, 0.717) is 22.7 Å². The number of nitrogens with one attached hydrogen (secondary N) is 1. The number of nitro groups is 1. The van der Waals surface area contributed by atoms with Crippen molar-refractivity contribution in [1.29, 1.82) is 0 Å². The average molecular weight is 592 g/mol. The number of anilines is 1. The molecule has 3 aromatic carbocycles. The van der Waals surface area contributed by atoms with E-state index in [2.05, 4.69) is 10.4 Å². The number of benzene rings is 3. The second-order valence-electron chi connectivity index (χ2n) is 9.09. The van der Waals surface area contributed by atoms with E-state index in [-0.39, 0.29) is 28.7 Å². The maximum atomic E-state index is 13.6. The van der Waals surface area contributed by atoms with E-state index in [0.717, 1.165) is 27.9 Å². The fraction of sp³-hybridized carbons (Fsp3) is 0.241. The number of carbonyl (C=O) groups excluding carboxylic acids is 2. The lowest BCUT2D eigenvalue weighted by molar-refractivity contribution is -0.384. The first kappa shape index (κ1) is 30.1. The van der Waals surface area contributed by atoms with Crippen LogP contribution in [0, 0.1) is 24.0 Å². The molecule has 0 aromatic heterocycles. The minimum Gasteiger partial charge on any atom is -0.495 e. The Morgan fingerprint density at radius 1 is 1.07 bits per heavy atom. The van der Waals surface area contributed by atoms with Crippen molar-refractivity contribution in [2.45, 2.75) is 25.5 Å². The van der Waals surface area contributed by atoms with Crippen LogP contribution in [-0.2, 0) is 9.59 Å². The standard InChI is InChI=1S/C29H29N5O7S/c1-17-8-6-10-21(18(17)2)32-29-33(30-16-19-9-7-11-24(40-4)27(19)41-5)28(36)25(42-29)15-26(35)31-22-14-20(34(37)38)12-13-23(22)39-3/h6-14,16,25H,15H2,1-5H3,(H,31,35)/b30-16-,32-29?/t25-/m0/s1. The van der Waals surface area contributed by atoms with Gasteiger partial charge in [-0.05, 0) is 49.2 Å². The van der Waals surface area contributed by atoms with Crippen molar-refractivity contribution in [2.24, 2.45) is 10.1 Å². The van der Waals surface area contributed by atoms with Gasteiger partial charge in [-0.2, -0.15) is 10.1 Å². The quantitative estimate of drug-likeness (QED) is 0.192. The molecule has 4 rings (SSSR count). The molecule has 12 nitrogen and oxygen atoms in total. The number of ether oxygens (including phenoxy) is 3. The molecule has 0 spiro atoms. The van der Waals surface area contributed by atoms with Gasteiger partial charge in [0.2, 0.25) is 5.91 Å². The van der Waals surface area contributed by atoms with Crippen molar-refractivity contribution in [3.8, 4) is 17.2 Å². The highest BCUT2D eigenvalue weighted by Crippen LogP contribution is 2.35. The third-order valence-electron chi connectivity index (χ3n) is 6.49. The van der Waals surface area contributed by atoms with Gasteiger partial charge < -0.3 is 19.5 Å². The van der Waals surface area contributed by atoms with Gasteiger partial charge in [-0.3, -0.25) is 19.7 Å².